The molecule has 5 aliphatic carbocycles. The monoisotopic (exact) mass is 472 g/mol. The molecule has 2 heteroatoms. The van der Waals surface area contributed by atoms with E-state index in [1.165, 1.54) is 128 Å². The van der Waals surface area contributed by atoms with Crippen LogP contribution in [0.4, 0.5) is 0 Å². The van der Waals surface area contributed by atoms with Crippen molar-refractivity contribution in [1.29, 1.82) is 0 Å². The van der Waals surface area contributed by atoms with Crippen LogP contribution >= 0.6 is 0 Å². The van der Waals surface area contributed by atoms with Crippen molar-refractivity contribution in [3.05, 3.63) is 0 Å². The van der Waals surface area contributed by atoms with Gasteiger partial charge in [-0.05, 0) is 86.9 Å². The molecular formula is C32H56O2. The Morgan fingerprint density at radius 1 is 0.559 bits per heavy atom. The molecule has 0 aliphatic heterocycles. The Hall–Kier alpha value is -0.0800. The van der Waals surface area contributed by atoms with Crippen LogP contribution in [0.5, 0.6) is 0 Å². The largest absolute Gasteiger partial charge is 0.378 e. The zero-order valence-corrected chi connectivity index (χ0v) is 22.6. The van der Waals surface area contributed by atoms with E-state index in [2.05, 4.69) is 6.92 Å². The highest BCUT2D eigenvalue weighted by molar-refractivity contribution is 4.86. The molecule has 0 N–H and O–H groups in total. The van der Waals surface area contributed by atoms with Gasteiger partial charge in [0.1, 0.15) is 0 Å². The van der Waals surface area contributed by atoms with Crippen LogP contribution in [-0.4, -0.2) is 25.4 Å². The number of hydrogen-bond acceptors (Lipinski definition) is 2. The molecule has 0 saturated heterocycles. The molecule has 0 radical (unpaired) electrons. The van der Waals surface area contributed by atoms with E-state index in [0.29, 0.717) is 18.1 Å². The third-order valence-corrected chi connectivity index (χ3v) is 11.3. The Balaban J connectivity index is 1.12. The molecule has 6 atom stereocenters. The van der Waals surface area contributed by atoms with Gasteiger partial charge in [0.15, 0.2) is 0 Å². The summed E-state index contributed by atoms with van der Waals surface area (Å²) in [7, 11) is 0. The van der Waals surface area contributed by atoms with Gasteiger partial charge < -0.3 is 9.47 Å². The molecule has 0 aromatic carbocycles. The Kier molecular flexibility index (Phi) is 9.73. The molecule has 6 unspecified atom stereocenters. The molecule has 34 heavy (non-hydrogen) atoms. The van der Waals surface area contributed by atoms with Gasteiger partial charge in [-0.1, -0.05) is 84.0 Å². The molecule has 0 aromatic heterocycles. The fourth-order valence-electron chi connectivity index (χ4n) is 9.16. The summed E-state index contributed by atoms with van der Waals surface area (Å²) < 4.78 is 13.5. The normalized spacial score (nSPS) is 41.9. The molecule has 5 fully saturated rings. The molecule has 196 valence electrons. The summed E-state index contributed by atoms with van der Waals surface area (Å²) in [5.41, 5.74) is 0. The van der Waals surface area contributed by atoms with Crippen LogP contribution < -0.4 is 0 Å². The summed E-state index contributed by atoms with van der Waals surface area (Å²) in [5, 5.41) is 0. The van der Waals surface area contributed by atoms with E-state index in [1.54, 1.807) is 0 Å². The van der Waals surface area contributed by atoms with Gasteiger partial charge in [0, 0.05) is 5.92 Å². The van der Waals surface area contributed by atoms with Gasteiger partial charge in [-0.25, -0.2) is 0 Å². The lowest BCUT2D eigenvalue weighted by Crippen LogP contribution is -2.37. The zero-order chi connectivity index (χ0) is 23.2. The van der Waals surface area contributed by atoms with E-state index >= 15 is 0 Å². The van der Waals surface area contributed by atoms with E-state index in [4.69, 9.17) is 9.47 Å². The van der Waals surface area contributed by atoms with Crippen molar-refractivity contribution in [3.63, 3.8) is 0 Å². The Morgan fingerprint density at radius 2 is 1.06 bits per heavy atom. The lowest BCUT2D eigenvalue weighted by molar-refractivity contribution is -0.0785. The van der Waals surface area contributed by atoms with Crippen molar-refractivity contribution in [2.75, 3.05) is 13.2 Å². The smallest absolute Gasteiger partial charge is 0.0578 e. The first kappa shape index (κ1) is 25.6. The lowest BCUT2D eigenvalue weighted by atomic mass is 9.70. The van der Waals surface area contributed by atoms with E-state index in [9.17, 15) is 0 Å². The summed E-state index contributed by atoms with van der Waals surface area (Å²) in [6.07, 6.45) is 29.7. The van der Waals surface area contributed by atoms with E-state index in [1.807, 2.05) is 0 Å². The minimum absolute atomic E-state index is 0.538. The Bertz CT molecular complexity index is 544. The third kappa shape index (κ3) is 6.81. The van der Waals surface area contributed by atoms with Crippen molar-refractivity contribution in [1.82, 2.24) is 0 Å². The fourth-order valence-corrected chi connectivity index (χ4v) is 9.16. The van der Waals surface area contributed by atoms with Gasteiger partial charge >= 0.3 is 0 Å². The quantitative estimate of drug-likeness (QED) is 0.333. The molecule has 0 heterocycles. The lowest BCUT2D eigenvalue weighted by Gasteiger charge is -2.41. The van der Waals surface area contributed by atoms with E-state index in [-0.39, 0.29) is 0 Å². The Morgan fingerprint density at radius 3 is 1.56 bits per heavy atom. The highest BCUT2D eigenvalue weighted by atomic mass is 16.5. The number of ether oxygens (including phenoxy) is 2. The predicted octanol–water partition coefficient (Wildman–Crippen LogP) is 8.96. The van der Waals surface area contributed by atoms with Gasteiger partial charge in [0.05, 0.1) is 25.4 Å². The van der Waals surface area contributed by atoms with Gasteiger partial charge in [0.2, 0.25) is 0 Å². The molecule has 5 aliphatic rings. The second-order valence-corrected chi connectivity index (χ2v) is 13.5. The highest BCUT2D eigenvalue weighted by Crippen LogP contribution is 2.43. The summed E-state index contributed by atoms with van der Waals surface area (Å²) in [4.78, 5) is 0. The van der Waals surface area contributed by atoms with E-state index < -0.39 is 0 Å². The van der Waals surface area contributed by atoms with Gasteiger partial charge in [-0.3, -0.25) is 0 Å². The minimum Gasteiger partial charge on any atom is -0.378 e. The molecule has 2 nitrogen and oxygen atoms in total. The maximum absolute atomic E-state index is 6.77. The summed E-state index contributed by atoms with van der Waals surface area (Å²) in [5.74, 6) is 6.45. The number of hydrogen-bond donors (Lipinski definition) is 0. The molecule has 5 saturated carbocycles. The fraction of sp³-hybridized carbons (Fsp3) is 1.00. The topological polar surface area (TPSA) is 18.5 Å². The van der Waals surface area contributed by atoms with Crippen LogP contribution in [-0.2, 0) is 9.47 Å². The zero-order valence-electron chi connectivity index (χ0n) is 22.6. The standard InChI is InChI=1S/C32H56O2/c1-2-7-24-12-14-27(15-13-24)30(22-33-31-18-16-25-8-3-5-10-28(25)20-31)23-34-32-19-17-26-9-4-6-11-29(26)21-32/h24-32H,2-23H2,1H3. The summed E-state index contributed by atoms with van der Waals surface area (Å²) in [6, 6.07) is 0. The van der Waals surface area contributed by atoms with Crippen LogP contribution in [0.2, 0.25) is 0 Å². The second kappa shape index (κ2) is 12.9. The van der Waals surface area contributed by atoms with Crippen molar-refractivity contribution in [2.24, 2.45) is 41.4 Å². The molecule has 5 rings (SSSR count). The SMILES string of the molecule is CCCC1CCC(C(COC2CCC3CCCCC3C2)COC2CCC3CCCCC3C2)CC1. The molecule has 0 aromatic rings. The first-order chi connectivity index (χ1) is 16.8. The van der Waals surface area contributed by atoms with Crippen LogP contribution in [0, 0.1) is 41.4 Å². The first-order valence-corrected chi connectivity index (χ1v) is 16.0. The van der Waals surface area contributed by atoms with Crippen LogP contribution in [0.1, 0.15) is 135 Å². The van der Waals surface area contributed by atoms with Crippen molar-refractivity contribution < 1.29 is 9.47 Å². The third-order valence-electron chi connectivity index (χ3n) is 11.3. The number of rotatable bonds is 9. The van der Waals surface area contributed by atoms with Crippen LogP contribution in [0.25, 0.3) is 0 Å². The number of fused-ring (bicyclic) bond motifs is 2. The highest BCUT2D eigenvalue weighted by Gasteiger charge is 2.36. The van der Waals surface area contributed by atoms with Crippen molar-refractivity contribution in [3.8, 4) is 0 Å². The van der Waals surface area contributed by atoms with E-state index in [0.717, 1.165) is 48.7 Å². The average Bonchev–Trinajstić information content (AvgIpc) is 2.89. The molecule has 0 amide bonds. The summed E-state index contributed by atoms with van der Waals surface area (Å²) in [6.45, 7) is 4.31. The van der Waals surface area contributed by atoms with Gasteiger partial charge in [-0.15, -0.1) is 0 Å². The minimum atomic E-state index is 0.538. The first-order valence-electron chi connectivity index (χ1n) is 16.0. The second-order valence-electron chi connectivity index (χ2n) is 13.5. The van der Waals surface area contributed by atoms with Crippen molar-refractivity contribution >= 4 is 0 Å². The molecular weight excluding hydrogens is 416 g/mol. The Labute approximate surface area is 211 Å². The van der Waals surface area contributed by atoms with Crippen LogP contribution in [0.15, 0.2) is 0 Å². The molecule has 0 spiro atoms. The van der Waals surface area contributed by atoms with Crippen molar-refractivity contribution in [2.45, 2.75) is 148 Å². The molecule has 0 bridgehead atoms. The van der Waals surface area contributed by atoms with Crippen LogP contribution in [0.3, 0.4) is 0 Å². The maximum atomic E-state index is 6.77. The summed E-state index contributed by atoms with van der Waals surface area (Å²) >= 11 is 0. The van der Waals surface area contributed by atoms with Gasteiger partial charge in [0.25, 0.3) is 0 Å². The van der Waals surface area contributed by atoms with Gasteiger partial charge in [-0.2, -0.15) is 0 Å². The average molecular weight is 473 g/mol. The predicted molar refractivity (Wildman–Crippen MR) is 142 cm³/mol. The maximum Gasteiger partial charge on any atom is 0.0578 e.